The van der Waals surface area contributed by atoms with Gasteiger partial charge in [-0.15, -0.1) is 23.1 Å². The number of aliphatic hydroxyl groups is 2. The number of nitrogens with zero attached hydrogens (tertiary/aromatic N) is 7. The number of Topliss-reactive ketones (excluding diaryl/α,β-unsaturated/α-hetero) is 2. The number of allylic oxidation sites excluding steroid dienone is 4. The van der Waals surface area contributed by atoms with Gasteiger partial charge in [-0.2, -0.15) is 0 Å². The second-order valence-corrected chi connectivity index (χ2v) is 26.8. The molecule has 4 amide bonds. The van der Waals surface area contributed by atoms with E-state index in [2.05, 4.69) is 30.6 Å². The topological polar surface area (TPSA) is 336 Å². The van der Waals surface area contributed by atoms with E-state index in [4.69, 9.17) is 18.9 Å². The van der Waals surface area contributed by atoms with Crippen molar-refractivity contribution < 1.29 is 80.6 Å². The van der Waals surface area contributed by atoms with Gasteiger partial charge in [0.05, 0.1) is 86.1 Å². The van der Waals surface area contributed by atoms with Crippen molar-refractivity contribution in [2.24, 2.45) is 10.4 Å². The lowest BCUT2D eigenvalue weighted by atomic mass is 9.71. The summed E-state index contributed by atoms with van der Waals surface area (Å²) in [5, 5.41) is 37.3. The zero-order chi connectivity index (χ0) is 66.9. The number of fused-ring (bicyclic) bond motifs is 1. The Kier molecular flexibility index (Phi) is 26.6. The minimum Gasteiger partial charge on any atom is -0.480 e. The minimum absolute atomic E-state index is 0.0329. The predicted octanol–water partition coefficient (Wildman–Crippen LogP) is 5.73. The van der Waals surface area contributed by atoms with Crippen molar-refractivity contribution in [1.29, 1.82) is 0 Å². The van der Waals surface area contributed by atoms with Crippen LogP contribution in [-0.2, 0) is 53.0 Å². The molecule has 25 nitrogen and oxygen atoms in total. The number of carboxylic acids is 1. The van der Waals surface area contributed by atoms with Crippen molar-refractivity contribution in [3.05, 3.63) is 92.9 Å². The number of amides is 4. The smallest absolute Gasteiger partial charge is 0.415 e. The van der Waals surface area contributed by atoms with Crippen LogP contribution in [0.1, 0.15) is 96.3 Å². The van der Waals surface area contributed by atoms with E-state index in [-0.39, 0.29) is 139 Å². The number of carbonyl (C=O) groups excluding carboxylic acids is 6. The number of thioether (sulfide) groups is 1. The number of likely N-dealkylation sites (N-methyl/N-ethyl adjacent to an activating group) is 1. The molecule has 0 spiro atoms. The average Bonchev–Trinajstić information content (AvgIpc) is 1.09. The van der Waals surface area contributed by atoms with Gasteiger partial charge in [0.25, 0.3) is 0 Å². The van der Waals surface area contributed by atoms with Gasteiger partial charge >= 0.3 is 12.1 Å². The standard InChI is InChI=1S/C62H80FN9O16S3/c1-36(2)53-45(54(40-11-13-41(63)14-12-40)69-60(68-53)71(9)91(10,83)84)17-15-42(73)31-43(74)32-50(76)65-21-20-64-49(75)19-25-85-27-29-87-30-28-86-26-24-72(23-22-70(8)51(77)34-62(6,7)52-39(5)55(78)37(3)38(4)56(52)79)61(82)88-44-16-18-46-48(33-44)90-58(66-46)57-67-47(35-89-57)59(80)81/h11-18,33,36,42-43,47,73-74H,19-32,34-35H2,1-10H3,(H,64,75)(H,65,76)(H,80,81)/t42-,43-,47?/m1/s1. The highest BCUT2D eigenvalue weighted by Gasteiger charge is 2.39. The molecule has 29 heteroatoms. The first-order valence-corrected chi connectivity index (χ1v) is 33.1. The number of hydrogen-bond donors (Lipinski definition) is 5. The van der Waals surface area contributed by atoms with Crippen LogP contribution in [0.15, 0.2) is 75.8 Å². The fourth-order valence-electron chi connectivity index (χ4n) is 9.55. The maximum atomic E-state index is 13.9. The van der Waals surface area contributed by atoms with Crippen LogP contribution < -0.4 is 19.7 Å². The van der Waals surface area contributed by atoms with Crippen molar-refractivity contribution in [1.82, 2.24) is 35.4 Å². The number of ketones is 2. The van der Waals surface area contributed by atoms with Crippen molar-refractivity contribution in [3.63, 3.8) is 0 Å². The number of hydrogen-bond acceptors (Lipinski definition) is 21. The van der Waals surface area contributed by atoms with E-state index in [1.54, 1.807) is 65.9 Å². The Balaban J connectivity index is 0.888. The van der Waals surface area contributed by atoms with E-state index < -0.39 is 57.5 Å². The van der Waals surface area contributed by atoms with E-state index >= 15 is 0 Å². The lowest BCUT2D eigenvalue weighted by Gasteiger charge is -2.33. The van der Waals surface area contributed by atoms with Crippen molar-refractivity contribution in [3.8, 4) is 17.0 Å². The number of aliphatic imine (C=N–C) groups is 1. The number of carbonyl (C=O) groups is 7. The summed E-state index contributed by atoms with van der Waals surface area (Å²) < 4.78 is 63.0. The molecule has 0 radical (unpaired) electrons. The average molecular weight is 1320 g/mol. The monoisotopic (exact) mass is 1320 g/mol. The van der Waals surface area contributed by atoms with Gasteiger partial charge in [-0.3, -0.25) is 29.0 Å². The van der Waals surface area contributed by atoms with Gasteiger partial charge in [-0.25, -0.2) is 41.7 Å². The third kappa shape index (κ3) is 20.8. The van der Waals surface area contributed by atoms with E-state index in [0.717, 1.165) is 10.6 Å². The van der Waals surface area contributed by atoms with Gasteiger partial charge in [0, 0.05) is 117 Å². The first-order valence-electron chi connectivity index (χ1n) is 29.4. The van der Waals surface area contributed by atoms with Gasteiger partial charge in [0.15, 0.2) is 17.6 Å². The molecular weight excluding hydrogens is 1240 g/mol. The number of ether oxygens (including phenoxy) is 4. The fourth-order valence-corrected chi connectivity index (χ4v) is 12.0. The third-order valence-corrected chi connectivity index (χ3v) is 18.2. The highest BCUT2D eigenvalue weighted by atomic mass is 32.2. The number of benzene rings is 2. The van der Waals surface area contributed by atoms with Crippen LogP contribution in [0.4, 0.5) is 15.1 Å². The molecule has 91 heavy (non-hydrogen) atoms. The number of thiazole rings is 1. The first-order chi connectivity index (χ1) is 42.9. The first kappa shape index (κ1) is 72.7. The van der Waals surface area contributed by atoms with E-state index in [1.165, 1.54) is 70.3 Å². The molecular formula is C62H80FN9O16S3. The van der Waals surface area contributed by atoms with Crippen LogP contribution in [0.2, 0.25) is 0 Å². The zero-order valence-corrected chi connectivity index (χ0v) is 55.2. The predicted molar refractivity (Wildman–Crippen MR) is 343 cm³/mol. The summed E-state index contributed by atoms with van der Waals surface area (Å²) in [6.07, 6.45) is 0.180. The summed E-state index contributed by atoms with van der Waals surface area (Å²) in [6.45, 7) is 13.3. The Bertz CT molecular complexity index is 3570. The van der Waals surface area contributed by atoms with Crippen molar-refractivity contribution in [2.45, 2.75) is 98.3 Å². The van der Waals surface area contributed by atoms with Gasteiger partial charge in [-0.05, 0) is 63.1 Å². The third-order valence-electron chi connectivity index (χ3n) is 14.8. The second kappa shape index (κ2) is 33.3. The lowest BCUT2D eigenvalue weighted by Crippen LogP contribution is -2.43. The number of nitrogens with one attached hydrogen (secondary N) is 2. The molecule has 4 aromatic rings. The number of aliphatic carboxylic acids is 1. The maximum Gasteiger partial charge on any atom is 0.415 e. The molecule has 2 aromatic heterocycles. The van der Waals surface area contributed by atoms with Crippen molar-refractivity contribution in [2.75, 3.05) is 103 Å². The van der Waals surface area contributed by atoms with Crippen LogP contribution in [0.25, 0.3) is 27.6 Å². The Morgan fingerprint density at radius 3 is 2.11 bits per heavy atom. The van der Waals surface area contributed by atoms with Gasteiger partial charge in [0.2, 0.25) is 33.7 Å². The molecule has 2 aliphatic rings. The van der Waals surface area contributed by atoms with Gasteiger partial charge in [0.1, 0.15) is 21.6 Å². The Labute approximate surface area is 536 Å². The Morgan fingerprint density at radius 1 is 0.835 bits per heavy atom. The molecule has 1 aliphatic carbocycles. The molecule has 0 bridgehead atoms. The lowest BCUT2D eigenvalue weighted by molar-refractivity contribution is -0.138. The summed E-state index contributed by atoms with van der Waals surface area (Å²) in [5.41, 5.74) is 2.65. The quantitative estimate of drug-likeness (QED) is 0.0275. The fraction of sp³-hybridized carbons (Fsp3) is 0.500. The number of rotatable bonds is 34. The van der Waals surface area contributed by atoms with E-state index in [0.29, 0.717) is 70.8 Å². The molecule has 5 N–H and O–H groups in total. The maximum absolute atomic E-state index is 13.9. The van der Waals surface area contributed by atoms with Crippen LogP contribution >= 0.6 is 23.1 Å². The number of aromatic nitrogens is 3. The molecule has 6 rings (SSSR count). The SMILES string of the molecule is CC1=C(C)C(=O)C(C(C)(C)CC(=O)N(C)CCN(CCOCCOCCOCCC(=O)NCCNC(=O)C[C@H](O)C[C@H](O)C=Cc2c(-c3ccc(F)cc3)nc(N(C)S(C)(=O)=O)nc2C(C)C)C(=O)Oc2ccc3nc(C4=NC(C(=O)O)CS4)sc3c2)=C(C)C1=O. The molecule has 0 fully saturated rings. The molecule has 494 valence electrons. The molecule has 0 saturated carbocycles. The zero-order valence-electron chi connectivity index (χ0n) is 52.7. The number of sulfonamides is 1. The Hall–Kier alpha value is -7.38. The molecule has 1 aliphatic heterocycles. The van der Waals surface area contributed by atoms with Crippen LogP contribution in [0.3, 0.4) is 0 Å². The van der Waals surface area contributed by atoms with Crippen LogP contribution in [-0.4, -0.2) is 212 Å². The number of carboxylic acid groups (broad SMARTS) is 1. The van der Waals surface area contributed by atoms with Crippen molar-refractivity contribution >= 4 is 102 Å². The summed E-state index contributed by atoms with van der Waals surface area (Å²) in [5.74, 6) is -2.96. The minimum atomic E-state index is -3.74. The summed E-state index contributed by atoms with van der Waals surface area (Å²) in [7, 11) is -0.834. The molecule has 3 atom stereocenters. The number of aliphatic hydroxyl groups excluding tert-OH is 2. The molecule has 2 aromatic carbocycles. The second-order valence-electron chi connectivity index (χ2n) is 22.8. The van der Waals surface area contributed by atoms with Crippen LogP contribution in [0.5, 0.6) is 5.75 Å². The van der Waals surface area contributed by atoms with E-state index in [1.807, 2.05) is 13.8 Å². The molecule has 1 unspecified atom stereocenters. The summed E-state index contributed by atoms with van der Waals surface area (Å²) in [6, 6.07) is 9.53. The highest BCUT2D eigenvalue weighted by molar-refractivity contribution is 8.15. The summed E-state index contributed by atoms with van der Waals surface area (Å²) >= 11 is 2.59. The molecule has 3 heterocycles. The molecule has 0 saturated heterocycles. The Morgan fingerprint density at radius 2 is 1.47 bits per heavy atom. The highest BCUT2D eigenvalue weighted by Crippen LogP contribution is 2.40. The largest absolute Gasteiger partial charge is 0.480 e. The number of halogens is 1. The normalized spacial score (nSPS) is 15.4. The van der Waals surface area contributed by atoms with E-state index in [9.17, 15) is 61.7 Å². The summed E-state index contributed by atoms with van der Waals surface area (Å²) in [4.78, 5) is 111. The van der Waals surface area contributed by atoms with Gasteiger partial charge < -0.3 is 54.7 Å². The van der Waals surface area contributed by atoms with Crippen LogP contribution in [0, 0.1) is 11.2 Å². The van der Waals surface area contributed by atoms with Gasteiger partial charge in [-0.1, -0.05) is 39.8 Å². The number of anilines is 1.